The second-order valence-corrected chi connectivity index (χ2v) is 5.92. The molecule has 0 saturated heterocycles. The van der Waals surface area contributed by atoms with Gasteiger partial charge >= 0.3 is 0 Å². The first-order chi connectivity index (χ1) is 9.78. The minimum absolute atomic E-state index is 0.0422. The van der Waals surface area contributed by atoms with Crippen LogP contribution in [-0.2, 0) is 4.79 Å². The van der Waals surface area contributed by atoms with Gasteiger partial charge in [-0.15, -0.1) is 0 Å². The van der Waals surface area contributed by atoms with Crippen molar-refractivity contribution in [2.75, 3.05) is 19.6 Å². The van der Waals surface area contributed by atoms with Gasteiger partial charge in [0.05, 0.1) is 0 Å². The van der Waals surface area contributed by atoms with Crippen molar-refractivity contribution in [1.29, 1.82) is 0 Å². The third kappa shape index (κ3) is 5.80. The predicted molar refractivity (Wildman–Crippen MR) is 81.7 cm³/mol. The average molecular weight is 280 g/mol. The molecule has 0 spiro atoms. The van der Waals surface area contributed by atoms with Crippen molar-refractivity contribution >= 4 is 11.9 Å². The Morgan fingerprint density at radius 1 is 1.10 bits per heavy atom. The summed E-state index contributed by atoms with van der Waals surface area (Å²) >= 11 is 0. The van der Waals surface area contributed by atoms with Crippen LogP contribution in [0.25, 0.3) is 0 Å². The van der Waals surface area contributed by atoms with Crippen molar-refractivity contribution in [3.63, 3.8) is 0 Å². The molecule has 3 N–H and O–H groups in total. The molecule has 5 heteroatoms. The number of hydrogen-bond donors (Lipinski definition) is 3. The number of carbonyl (C=O) groups is 1. The SMILES string of the molecule is CCNC(=NCC(=O)NC1CCCCC1)NCC1CC1. The van der Waals surface area contributed by atoms with Crippen molar-refractivity contribution in [3.8, 4) is 0 Å². The van der Waals surface area contributed by atoms with E-state index >= 15 is 0 Å². The van der Waals surface area contributed by atoms with Gasteiger partial charge in [-0.1, -0.05) is 19.3 Å². The van der Waals surface area contributed by atoms with Crippen LogP contribution in [0.15, 0.2) is 4.99 Å². The van der Waals surface area contributed by atoms with Gasteiger partial charge in [0.25, 0.3) is 0 Å². The Hall–Kier alpha value is -1.26. The van der Waals surface area contributed by atoms with Crippen LogP contribution in [0.1, 0.15) is 51.9 Å². The maximum Gasteiger partial charge on any atom is 0.242 e. The van der Waals surface area contributed by atoms with Gasteiger partial charge in [-0.05, 0) is 38.5 Å². The maximum absolute atomic E-state index is 11.9. The van der Waals surface area contributed by atoms with Gasteiger partial charge in [-0.2, -0.15) is 0 Å². The lowest BCUT2D eigenvalue weighted by Crippen LogP contribution is -2.41. The first-order valence-electron chi connectivity index (χ1n) is 8.09. The summed E-state index contributed by atoms with van der Waals surface area (Å²) in [6, 6.07) is 0.369. The number of carbonyl (C=O) groups excluding carboxylic acids is 1. The highest BCUT2D eigenvalue weighted by molar-refractivity contribution is 5.85. The van der Waals surface area contributed by atoms with E-state index in [0.717, 1.165) is 37.8 Å². The molecule has 1 amide bonds. The lowest BCUT2D eigenvalue weighted by atomic mass is 9.95. The van der Waals surface area contributed by atoms with Crippen LogP contribution in [0.2, 0.25) is 0 Å². The number of amides is 1. The molecular formula is C15H28N4O. The Kier molecular flexibility index (Phi) is 6.15. The van der Waals surface area contributed by atoms with Crippen molar-refractivity contribution < 1.29 is 4.79 Å². The highest BCUT2D eigenvalue weighted by Gasteiger charge is 2.21. The zero-order valence-corrected chi connectivity index (χ0v) is 12.6. The molecule has 0 aromatic carbocycles. The first kappa shape index (κ1) is 15.1. The van der Waals surface area contributed by atoms with Gasteiger partial charge in [-0.3, -0.25) is 4.79 Å². The molecule has 2 rings (SSSR count). The Morgan fingerprint density at radius 3 is 2.50 bits per heavy atom. The summed E-state index contributed by atoms with van der Waals surface area (Å²) < 4.78 is 0. The standard InChI is InChI=1S/C15H28N4O/c1-2-16-15(17-10-12-8-9-12)18-11-14(20)19-13-6-4-3-5-7-13/h12-13H,2-11H2,1H3,(H,19,20)(H2,16,17,18). The summed E-state index contributed by atoms with van der Waals surface area (Å²) in [5.41, 5.74) is 0. The summed E-state index contributed by atoms with van der Waals surface area (Å²) in [6.07, 6.45) is 8.65. The third-order valence-corrected chi connectivity index (χ3v) is 3.95. The molecule has 0 atom stereocenters. The highest BCUT2D eigenvalue weighted by Crippen LogP contribution is 2.27. The molecule has 5 nitrogen and oxygen atoms in total. The zero-order valence-electron chi connectivity index (χ0n) is 12.6. The lowest BCUT2D eigenvalue weighted by Gasteiger charge is -2.22. The van der Waals surface area contributed by atoms with Crippen LogP contribution < -0.4 is 16.0 Å². The molecular weight excluding hydrogens is 252 g/mol. The molecule has 2 saturated carbocycles. The molecule has 0 bridgehead atoms. The van der Waals surface area contributed by atoms with Crippen molar-refractivity contribution in [1.82, 2.24) is 16.0 Å². The van der Waals surface area contributed by atoms with Gasteiger partial charge in [0.1, 0.15) is 6.54 Å². The summed E-state index contributed by atoms with van der Waals surface area (Å²) in [4.78, 5) is 16.3. The van der Waals surface area contributed by atoms with Crippen LogP contribution >= 0.6 is 0 Å². The molecule has 0 aromatic rings. The summed E-state index contributed by atoms with van der Waals surface area (Å²) in [6.45, 7) is 4.05. The first-order valence-corrected chi connectivity index (χ1v) is 8.09. The number of hydrogen-bond acceptors (Lipinski definition) is 2. The Bertz CT molecular complexity index is 333. The summed E-state index contributed by atoms with van der Waals surface area (Å²) in [5, 5.41) is 9.58. The van der Waals surface area contributed by atoms with Crippen LogP contribution in [-0.4, -0.2) is 37.5 Å². The second kappa shape index (κ2) is 8.12. The van der Waals surface area contributed by atoms with Crippen LogP contribution in [0.4, 0.5) is 0 Å². The smallest absolute Gasteiger partial charge is 0.242 e. The molecule has 0 unspecified atom stereocenters. The minimum atomic E-state index is 0.0422. The molecule has 0 radical (unpaired) electrons. The lowest BCUT2D eigenvalue weighted by molar-refractivity contribution is -0.120. The van der Waals surface area contributed by atoms with E-state index in [4.69, 9.17) is 0 Å². The van der Waals surface area contributed by atoms with Crippen molar-refractivity contribution in [3.05, 3.63) is 0 Å². The van der Waals surface area contributed by atoms with Gasteiger partial charge in [0.15, 0.2) is 5.96 Å². The number of nitrogens with zero attached hydrogens (tertiary/aromatic N) is 1. The molecule has 0 aliphatic heterocycles. The largest absolute Gasteiger partial charge is 0.357 e. The topological polar surface area (TPSA) is 65.5 Å². The number of nitrogens with one attached hydrogen (secondary N) is 3. The fourth-order valence-corrected chi connectivity index (χ4v) is 2.58. The maximum atomic E-state index is 11.9. The highest BCUT2D eigenvalue weighted by atomic mass is 16.1. The Balaban J connectivity index is 1.69. The van der Waals surface area contributed by atoms with Crippen molar-refractivity contribution in [2.45, 2.75) is 57.9 Å². The third-order valence-electron chi connectivity index (χ3n) is 3.95. The molecule has 0 aromatic heterocycles. The number of guanidine groups is 1. The van der Waals surface area contributed by atoms with E-state index in [2.05, 4.69) is 20.9 Å². The van der Waals surface area contributed by atoms with Crippen LogP contribution in [0, 0.1) is 5.92 Å². The zero-order chi connectivity index (χ0) is 14.2. The quantitative estimate of drug-likeness (QED) is 0.509. The molecule has 2 fully saturated rings. The van der Waals surface area contributed by atoms with Gasteiger partial charge in [0, 0.05) is 19.1 Å². The average Bonchev–Trinajstić information content (AvgIpc) is 3.27. The van der Waals surface area contributed by atoms with Gasteiger partial charge < -0.3 is 16.0 Å². The number of aliphatic imine (C=N–C) groups is 1. The van der Waals surface area contributed by atoms with Crippen LogP contribution in [0.3, 0.4) is 0 Å². The fourth-order valence-electron chi connectivity index (χ4n) is 2.58. The van der Waals surface area contributed by atoms with E-state index < -0.39 is 0 Å². The van der Waals surface area contributed by atoms with E-state index in [1.54, 1.807) is 0 Å². The molecule has 20 heavy (non-hydrogen) atoms. The summed E-state index contributed by atoms with van der Waals surface area (Å²) in [7, 11) is 0. The van der Waals surface area contributed by atoms with E-state index in [9.17, 15) is 4.79 Å². The Morgan fingerprint density at radius 2 is 1.85 bits per heavy atom. The molecule has 2 aliphatic carbocycles. The molecule has 2 aliphatic rings. The number of rotatable bonds is 6. The van der Waals surface area contributed by atoms with E-state index in [1.165, 1.54) is 32.1 Å². The minimum Gasteiger partial charge on any atom is -0.357 e. The fraction of sp³-hybridized carbons (Fsp3) is 0.867. The van der Waals surface area contributed by atoms with Crippen molar-refractivity contribution in [2.24, 2.45) is 10.9 Å². The monoisotopic (exact) mass is 280 g/mol. The van der Waals surface area contributed by atoms with E-state index in [-0.39, 0.29) is 12.5 Å². The normalized spacial score (nSPS) is 20.6. The van der Waals surface area contributed by atoms with Crippen LogP contribution in [0.5, 0.6) is 0 Å². The second-order valence-electron chi connectivity index (χ2n) is 5.92. The van der Waals surface area contributed by atoms with E-state index in [0.29, 0.717) is 6.04 Å². The van der Waals surface area contributed by atoms with E-state index in [1.807, 2.05) is 6.92 Å². The molecule has 0 heterocycles. The predicted octanol–water partition coefficient (Wildman–Crippen LogP) is 1.40. The Labute approximate surface area is 122 Å². The molecule has 114 valence electrons. The van der Waals surface area contributed by atoms with Gasteiger partial charge in [0.2, 0.25) is 5.91 Å². The van der Waals surface area contributed by atoms with Gasteiger partial charge in [-0.25, -0.2) is 4.99 Å². The summed E-state index contributed by atoms with van der Waals surface area (Å²) in [5.74, 6) is 1.61.